The molecule has 3 saturated carbocycles. The Bertz CT molecular complexity index is 131. The Hall–Kier alpha value is -0.0400. The van der Waals surface area contributed by atoms with E-state index in [-0.39, 0.29) is 5.54 Å². The molecule has 10 heavy (non-hydrogen) atoms. The van der Waals surface area contributed by atoms with Crippen molar-refractivity contribution in [1.29, 1.82) is 0 Å². The summed E-state index contributed by atoms with van der Waals surface area (Å²) in [6, 6.07) is 0. The summed E-state index contributed by atoms with van der Waals surface area (Å²) in [5.74, 6) is 2.84. The summed E-state index contributed by atoms with van der Waals surface area (Å²) in [6.07, 6.45) is 4.39. The van der Waals surface area contributed by atoms with Crippen LogP contribution >= 0.6 is 0 Å². The molecule has 0 spiro atoms. The first-order valence-electron chi connectivity index (χ1n) is 4.38. The van der Waals surface area contributed by atoms with E-state index >= 15 is 0 Å². The van der Waals surface area contributed by atoms with Crippen LogP contribution in [-0.4, -0.2) is 5.54 Å². The minimum Gasteiger partial charge on any atom is -0.325 e. The maximum Gasteiger partial charge on any atom is 0.0131 e. The fourth-order valence-electron chi connectivity index (χ4n) is 3.11. The first kappa shape index (κ1) is 6.66. The van der Waals surface area contributed by atoms with E-state index in [9.17, 15) is 0 Å². The molecule has 2 bridgehead atoms. The van der Waals surface area contributed by atoms with E-state index in [0.717, 1.165) is 17.8 Å². The van der Waals surface area contributed by atoms with Gasteiger partial charge in [-0.25, -0.2) is 0 Å². The van der Waals surface area contributed by atoms with Crippen molar-refractivity contribution in [3.63, 3.8) is 0 Å². The van der Waals surface area contributed by atoms with Crippen LogP contribution < -0.4 is 5.73 Å². The summed E-state index contributed by atoms with van der Waals surface area (Å²) in [5.41, 5.74) is 6.16. The van der Waals surface area contributed by atoms with E-state index in [1.807, 2.05) is 0 Å². The molecule has 0 amide bonds. The summed E-state index contributed by atoms with van der Waals surface area (Å²) >= 11 is 0. The molecule has 0 aromatic rings. The molecule has 3 fully saturated rings. The van der Waals surface area contributed by atoms with E-state index in [2.05, 4.69) is 13.8 Å². The maximum absolute atomic E-state index is 6.06. The minimum absolute atomic E-state index is 0.101. The van der Waals surface area contributed by atoms with Gasteiger partial charge in [0, 0.05) is 5.54 Å². The van der Waals surface area contributed by atoms with Crippen LogP contribution in [0.2, 0.25) is 0 Å². The molecular weight excluding hydrogens is 122 g/mol. The van der Waals surface area contributed by atoms with Gasteiger partial charge in [-0.3, -0.25) is 0 Å². The molecule has 0 heterocycles. The molecule has 2 atom stereocenters. The Morgan fingerprint density at radius 2 is 1.70 bits per heavy atom. The highest BCUT2D eigenvalue weighted by atomic mass is 14.8. The van der Waals surface area contributed by atoms with Crippen LogP contribution in [-0.2, 0) is 0 Å². The van der Waals surface area contributed by atoms with Crippen molar-refractivity contribution >= 4 is 0 Å². The van der Waals surface area contributed by atoms with Crippen LogP contribution in [0.3, 0.4) is 0 Å². The third kappa shape index (κ3) is 0.731. The van der Waals surface area contributed by atoms with Crippen LogP contribution in [0.1, 0.15) is 33.1 Å². The van der Waals surface area contributed by atoms with Gasteiger partial charge in [-0.15, -0.1) is 0 Å². The molecule has 58 valence electrons. The zero-order valence-corrected chi connectivity index (χ0v) is 6.93. The molecule has 0 saturated heterocycles. The second-order valence-electron chi connectivity index (χ2n) is 4.68. The Kier molecular flexibility index (Phi) is 1.17. The molecule has 1 heteroatoms. The molecule has 2 N–H and O–H groups in total. The van der Waals surface area contributed by atoms with E-state index < -0.39 is 0 Å². The van der Waals surface area contributed by atoms with Gasteiger partial charge in [-0.2, -0.15) is 0 Å². The molecule has 3 aliphatic carbocycles. The maximum atomic E-state index is 6.06. The van der Waals surface area contributed by atoms with Crippen molar-refractivity contribution in [2.45, 2.75) is 38.6 Å². The fraction of sp³-hybridized carbons (Fsp3) is 1.00. The predicted octanol–water partition coefficient (Wildman–Crippen LogP) is 1.77. The third-order valence-electron chi connectivity index (χ3n) is 3.39. The summed E-state index contributed by atoms with van der Waals surface area (Å²) in [4.78, 5) is 0. The first-order valence-corrected chi connectivity index (χ1v) is 4.38. The second-order valence-corrected chi connectivity index (χ2v) is 4.68. The molecule has 2 unspecified atom stereocenters. The topological polar surface area (TPSA) is 26.0 Å². The van der Waals surface area contributed by atoms with Gasteiger partial charge in [-0.1, -0.05) is 0 Å². The van der Waals surface area contributed by atoms with Gasteiger partial charge in [0.15, 0.2) is 0 Å². The third-order valence-corrected chi connectivity index (χ3v) is 3.39. The largest absolute Gasteiger partial charge is 0.325 e. The highest BCUT2D eigenvalue weighted by molar-refractivity contribution is 5.04. The summed E-state index contributed by atoms with van der Waals surface area (Å²) < 4.78 is 0. The van der Waals surface area contributed by atoms with E-state index in [4.69, 9.17) is 5.73 Å². The Labute approximate surface area is 63.0 Å². The van der Waals surface area contributed by atoms with Gasteiger partial charge in [0.1, 0.15) is 0 Å². The lowest BCUT2D eigenvalue weighted by molar-refractivity contribution is 0.0823. The molecule has 1 nitrogen and oxygen atoms in total. The lowest BCUT2D eigenvalue weighted by Crippen LogP contribution is -2.50. The highest BCUT2D eigenvalue weighted by Gasteiger charge is 2.51. The van der Waals surface area contributed by atoms with Crippen LogP contribution in [0.5, 0.6) is 0 Å². The SMILES string of the molecule is CC(C)(N)C1C2CCC1C2. The molecule has 0 radical (unpaired) electrons. The average molecular weight is 139 g/mol. The van der Waals surface area contributed by atoms with Crippen molar-refractivity contribution in [3.05, 3.63) is 0 Å². The smallest absolute Gasteiger partial charge is 0.0131 e. The average Bonchev–Trinajstić information content (AvgIpc) is 2.08. The van der Waals surface area contributed by atoms with Crippen molar-refractivity contribution < 1.29 is 0 Å². The molecule has 0 aromatic heterocycles. The van der Waals surface area contributed by atoms with E-state index in [1.54, 1.807) is 0 Å². The van der Waals surface area contributed by atoms with Crippen LogP contribution in [0, 0.1) is 17.8 Å². The molecule has 3 rings (SSSR count). The summed E-state index contributed by atoms with van der Waals surface area (Å²) in [5, 5.41) is 0. The van der Waals surface area contributed by atoms with Gasteiger partial charge in [0.05, 0.1) is 0 Å². The number of hydrogen-bond donors (Lipinski definition) is 1. The lowest BCUT2D eigenvalue weighted by Gasteiger charge is -2.44. The van der Waals surface area contributed by atoms with E-state index in [1.165, 1.54) is 19.3 Å². The minimum atomic E-state index is 0.101. The molecule has 3 aliphatic rings. The number of hydrogen-bond acceptors (Lipinski definition) is 1. The zero-order chi connectivity index (χ0) is 7.35. The number of nitrogens with two attached hydrogens (primary N) is 1. The van der Waals surface area contributed by atoms with Crippen molar-refractivity contribution in [2.24, 2.45) is 23.5 Å². The molecule has 0 aromatic carbocycles. The van der Waals surface area contributed by atoms with Crippen molar-refractivity contribution in [2.75, 3.05) is 0 Å². The summed E-state index contributed by atoms with van der Waals surface area (Å²) in [7, 11) is 0. The van der Waals surface area contributed by atoms with Crippen molar-refractivity contribution in [3.8, 4) is 0 Å². The highest BCUT2D eigenvalue weighted by Crippen LogP contribution is 2.56. The van der Waals surface area contributed by atoms with E-state index in [0.29, 0.717) is 0 Å². The number of fused-ring (bicyclic) bond motifs is 1. The Morgan fingerprint density at radius 1 is 1.20 bits per heavy atom. The zero-order valence-electron chi connectivity index (χ0n) is 6.93. The van der Waals surface area contributed by atoms with Crippen LogP contribution in [0.15, 0.2) is 0 Å². The standard InChI is InChI=1S/C9H17N/c1-9(2,10)8-6-3-4-7(8)5-6/h6-8H,3-5,10H2,1-2H3. The van der Waals surface area contributed by atoms with Gasteiger partial charge in [0.25, 0.3) is 0 Å². The van der Waals surface area contributed by atoms with Crippen molar-refractivity contribution in [1.82, 2.24) is 0 Å². The van der Waals surface area contributed by atoms with Gasteiger partial charge < -0.3 is 5.73 Å². The van der Waals surface area contributed by atoms with Crippen LogP contribution in [0.4, 0.5) is 0 Å². The van der Waals surface area contributed by atoms with Gasteiger partial charge in [0.2, 0.25) is 0 Å². The van der Waals surface area contributed by atoms with Gasteiger partial charge >= 0.3 is 0 Å². The molecular formula is C9H17N. The Balaban J connectivity index is 2.09. The molecule has 0 aliphatic heterocycles. The quantitative estimate of drug-likeness (QED) is 0.588. The summed E-state index contributed by atoms with van der Waals surface area (Å²) in [6.45, 7) is 4.37. The predicted molar refractivity (Wildman–Crippen MR) is 42.6 cm³/mol. The fourth-order valence-corrected chi connectivity index (χ4v) is 3.11. The Morgan fingerprint density at radius 3 is 1.90 bits per heavy atom. The second kappa shape index (κ2) is 1.76. The number of rotatable bonds is 1. The first-order chi connectivity index (χ1) is 4.59. The van der Waals surface area contributed by atoms with Crippen LogP contribution in [0.25, 0.3) is 0 Å². The van der Waals surface area contributed by atoms with Gasteiger partial charge in [-0.05, 0) is 50.9 Å². The normalized spacial score (nSPS) is 45.3. The lowest BCUT2D eigenvalue weighted by atomic mass is 9.64. The monoisotopic (exact) mass is 139 g/mol.